The van der Waals surface area contributed by atoms with E-state index in [2.05, 4.69) is 21.1 Å². The minimum Gasteiger partial charge on any atom is -0.457 e. The Morgan fingerprint density at radius 1 is 1.48 bits per heavy atom. The molecule has 0 saturated carbocycles. The van der Waals surface area contributed by atoms with Crippen molar-refractivity contribution in [3.63, 3.8) is 0 Å². The van der Waals surface area contributed by atoms with Crippen LogP contribution in [0.5, 0.6) is 0 Å². The first-order chi connectivity index (χ1) is 9.90. The number of esters is 1. The monoisotopic (exact) mass is 355 g/mol. The zero-order chi connectivity index (χ0) is 15.6. The summed E-state index contributed by atoms with van der Waals surface area (Å²) in [5, 5.41) is 3.79. The Hall–Kier alpha value is -1.69. The van der Waals surface area contributed by atoms with Crippen molar-refractivity contribution in [3.8, 4) is 0 Å². The van der Waals surface area contributed by atoms with Crippen molar-refractivity contribution in [1.82, 2.24) is 5.16 Å². The maximum Gasteiger partial charge on any atom is 0.344 e. The van der Waals surface area contributed by atoms with E-state index in [0.717, 1.165) is 0 Å². The number of aryl methyl sites for hydroxylation is 1. The van der Waals surface area contributed by atoms with E-state index in [1.807, 2.05) is 13.8 Å². The van der Waals surface area contributed by atoms with Crippen molar-refractivity contribution in [2.75, 3.05) is 0 Å². The van der Waals surface area contributed by atoms with Gasteiger partial charge in [0.2, 0.25) is 0 Å². The maximum atomic E-state index is 13.7. The highest BCUT2D eigenvalue weighted by molar-refractivity contribution is 9.10. The van der Waals surface area contributed by atoms with E-state index in [4.69, 9.17) is 9.26 Å². The lowest BCUT2D eigenvalue weighted by atomic mass is 10.1. The highest BCUT2D eigenvalue weighted by Crippen LogP contribution is 2.24. The number of hydrogen-bond donors (Lipinski definition) is 0. The molecule has 0 unspecified atom stereocenters. The fourth-order valence-electron chi connectivity index (χ4n) is 1.88. The predicted octanol–water partition coefficient (Wildman–Crippen LogP) is 4.37. The Kier molecular flexibility index (Phi) is 4.77. The molecule has 1 heterocycles. The number of rotatable bonds is 4. The molecule has 1 aromatic carbocycles. The summed E-state index contributed by atoms with van der Waals surface area (Å²) in [7, 11) is 0. The molecule has 0 aliphatic heterocycles. The van der Waals surface area contributed by atoms with Crippen molar-refractivity contribution < 1.29 is 18.4 Å². The lowest BCUT2D eigenvalue weighted by molar-refractivity contribution is 0.0465. The van der Waals surface area contributed by atoms with Gasteiger partial charge in [0.05, 0.1) is 5.69 Å². The summed E-state index contributed by atoms with van der Waals surface area (Å²) in [6, 6.07) is 4.58. The maximum absolute atomic E-state index is 13.7. The molecule has 1 aromatic heterocycles. The first-order valence-electron chi connectivity index (χ1n) is 6.47. The van der Waals surface area contributed by atoms with Crippen LogP contribution in [0.25, 0.3) is 0 Å². The molecule has 0 radical (unpaired) electrons. The molecule has 6 heteroatoms. The average molecular weight is 356 g/mol. The highest BCUT2D eigenvalue weighted by atomic mass is 79.9. The van der Waals surface area contributed by atoms with Gasteiger partial charge >= 0.3 is 5.97 Å². The van der Waals surface area contributed by atoms with E-state index in [9.17, 15) is 9.18 Å². The van der Waals surface area contributed by atoms with Crippen molar-refractivity contribution >= 4 is 21.9 Å². The van der Waals surface area contributed by atoms with Gasteiger partial charge in [0.15, 0.2) is 5.76 Å². The average Bonchev–Trinajstić information content (AvgIpc) is 2.79. The van der Waals surface area contributed by atoms with Crippen LogP contribution in [0.2, 0.25) is 0 Å². The Morgan fingerprint density at radius 3 is 2.81 bits per heavy atom. The van der Waals surface area contributed by atoms with Crippen LogP contribution in [-0.2, 0) is 11.3 Å². The zero-order valence-electron chi connectivity index (χ0n) is 11.9. The van der Waals surface area contributed by atoms with Gasteiger partial charge in [-0.1, -0.05) is 41.0 Å². The molecule has 21 heavy (non-hydrogen) atoms. The normalized spacial score (nSPS) is 11.0. The van der Waals surface area contributed by atoms with Gasteiger partial charge in [-0.15, -0.1) is 0 Å². The first-order valence-corrected chi connectivity index (χ1v) is 7.26. The SMILES string of the molecule is Cc1noc(C(C)C)c1C(=O)OCc1ccc(Br)cc1F. The Labute approximate surface area is 130 Å². The number of hydrogen-bond acceptors (Lipinski definition) is 4. The number of halogens is 2. The third kappa shape index (κ3) is 3.50. The molecule has 2 rings (SSSR count). The number of ether oxygens (including phenoxy) is 1. The minimum absolute atomic E-state index is 0.0122. The Bertz CT molecular complexity index is 667. The molecule has 0 aliphatic carbocycles. The van der Waals surface area contributed by atoms with E-state index < -0.39 is 11.8 Å². The van der Waals surface area contributed by atoms with Gasteiger partial charge in [0, 0.05) is 16.0 Å². The second-order valence-electron chi connectivity index (χ2n) is 4.97. The molecule has 0 amide bonds. The second-order valence-corrected chi connectivity index (χ2v) is 5.89. The summed E-state index contributed by atoms with van der Waals surface area (Å²) in [6.07, 6.45) is 0. The summed E-state index contributed by atoms with van der Waals surface area (Å²) in [5.41, 5.74) is 1.11. The standard InChI is InChI=1S/C15H15BrFNO3/c1-8(2)14-13(9(3)18-21-14)15(19)20-7-10-4-5-11(16)6-12(10)17/h4-6,8H,7H2,1-3H3. The zero-order valence-corrected chi connectivity index (χ0v) is 13.5. The molecule has 0 atom stereocenters. The third-order valence-electron chi connectivity index (χ3n) is 2.99. The molecule has 0 spiro atoms. The molecule has 0 bridgehead atoms. The van der Waals surface area contributed by atoms with Gasteiger partial charge in [0.1, 0.15) is 18.0 Å². The Morgan fingerprint density at radius 2 is 2.19 bits per heavy atom. The van der Waals surface area contributed by atoms with E-state index in [1.165, 1.54) is 6.07 Å². The summed E-state index contributed by atoms with van der Waals surface area (Å²) < 4.78 is 24.6. The molecule has 0 N–H and O–H groups in total. The van der Waals surface area contributed by atoms with Crippen LogP contribution in [0.3, 0.4) is 0 Å². The number of nitrogens with zero attached hydrogens (tertiary/aromatic N) is 1. The number of aromatic nitrogens is 1. The molecule has 4 nitrogen and oxygen atoms in total. The summed E-state index contributed by atoms with van der Waals surface area (Å²) in [4.78, 5) is 12.1. The fourth-order valence-corrected chi connectivity index (χ4v) is 2.22. The summed E-state index contributed by atoms with van der Waals surface area (Å²) in [5.74, 6) is -0.491. The fraction of sp³-hybridized carbons (Fsp3) is 0.333. The van der Waals surface area contributed by atoms with Crippen LogP contribution in [0.15, 0.2) is 27.2 Å². The van der Waals surface area contributed by atoms with Gasteiger partial charge in [-0.2, -0.15) is 0 Å². The second kappa shape index (κ2) is 6.39. The van der Waals surface area contributed by atoms with Gasteiger partial charge in [-0.05, 0) is 19.1 Å². The van der Waals surface area contributed by atoms with E-state index in [-0.39, 0.29) is 12.5 Å². The topological polar surface area (TPSA) is 52.3 Å². The molecule has 112 valence electrons. The lowest BCUT2D eigenvalue weighted by Crippen LogP contribution is -2.09. The van der Waals surface area contributed by atoms with Gasteiger partial charge in [-0.3, -0.25) is 0 Å². The van der Waals surface area contributed by atoms with Crippen LogP contribution in [0, 0.1) is 12.7 Å². The van der Waals surface area contributed by atoms with E-state index in [1.54, 1.807) is 19.1 Å². The molecule has 2 aromatic rings. The molecular weight excluding hydrogens is 341 g/mol. The third-order valence-corrected chi connectivity index (χ3v) is 3.48. The quantitative estimate of drug-likeness (QED) is 0.764. The number of carbonyl (C=O) groups is 1. The molecule has 0 fully saturated rings. The van der Waals surface area contributed by atoms with Crippen LogP contribution in [0.4, 0.5) is 4.39 Å². The van der Waals surface area contributed by atoms with Crippen LogP contribution < -0.4 is 0 Å². The smallest absolute Gasteiger partial charge is 0.344 e. The van der Waals surface area contributed by atoms with Gasteiger partial charge in [-0.25, -0.2) is 9.18 Å². The summed E-state index contributed by atoms with van der Waals surface area (Å²) >= 11 is 3.17. The number of carbonyl (C=O) groups excluding carboxylic acids is 1. The minimum atomic E-state index is -0.556. The van der Waals surface area contributed by atoms with Gasteiger partial charge < -0.3 is 9.26 Å². The molecular formula is C15H15BrFNO3. The van der Waals surface area contributed by atoms with E-state index >= 15 is 0 Å². The Balaban J connectivity index is 2.14. The van der Waals surface area contributed by atoms with Crippen molar-refractivity contribution in [2.24, 2.45) is 0 Å². The highest BCUT2D eigenvalue weighted by Gasteiger charge is 2.24. The van der Waals surface area contributed by atoms with Crippen LogP contribution >= 0.6 is 15.9 Å². The van der Waals surface area contributed by atoms with E-state index in [0.29, 0.717) is 27.1 Å². The lowest BCUT2D eigenvalue weighted by Gasteiger charge is -2.07. The van der Waals surface area contributed by atoms with Crippen molar-refractivity contribution in [2.45, 2.75) is 33.3 Å². The van der Waals surface area contributed by atoms with Gasteiger partial charge in [0.25, 0.3) is 0 Å². The largest absolute Gasteiger partial charge is 0.457 e. The molecule has 0 aliphatic rings. The predicted molar refractivity (Wildman–Crippen MR) is 78.5 cm³/mol. The van der Waals surface area contributed by atoms with Crippen LogP contribution in [0.1, 0.15) is 47.1 Å². The van der Waals surface area contributed by atoms with Crippen LogP contribution in [-0.4, -0.2) is 11.1 Å². The number of benzene rings is 1. The molecule has 0 saturated heterocycles. The first kappa shape index (κ1) is 15.7. The van der Waals surface area contributed by atoms with Crippen molar-refractivity contribution in [1.29, 1.82) is 0 Å². The summed E-state index contributed by atoms with van der Waals surface area (Å²) in [6.45, 7) is 5.32. The van der Waals surface area contributed by atoms with Crippen molar-refractivity contribution in [3.05, 3.63) is 51.1 Å².